The standard InChI is InChI=1S/C10H11ClN2O5S2/c11-10-8(13(15)16)5-9(19-10)20(17,18)12-3-1-7(6-14)2-4-12/h5-7H,1-4H2. The Morgan fingerprint density at radius 2 is 2.05 bits per heavy atom. The zero-order chi connectivity index (χ0) is 14.9. The van der Waals surface area contributed by atoms with Gasteiger partial charge >= 0.3 is 0 Å². The van der Waals surface area contributed by atoms with E-state index in [-0.39, 0.29) is 27.6 Å². The summed E-state index contributed by atoms with van der Waals surface area (Å²) < 4.78 is 25.6. The first kappa shape index (κ1) is 15.4. The number of carbonyl (C=O) groups excluding carboxylic acids is 1. The highest BCUT2D eigenvalue weighted by atomic mass is 35.5. The summed E-state index contributed by atoms with van der Waals surface area (Å²) in [4.78, 5) is 20.6. The Kier molecular flexibility index (Phi) is 4.43. The van der Waals surface area contributed by atoms with Crippen LogP contribution < -0.4 is 0 Å². The summed E-state index contributed by atoms with van der Waals surface area (Å²) >= 11 is 6.35. The number of piperidine rings is 1. The monoisotopic (exact) mass is 338 g/mol. The van der Waals surface area contributed by atoms with Crippen molar-refractivity contribution in [2.75, 3.05) is 13.1 Å². The van der Waals surface area contributed by atoms with E-state index in [1.54, 1.807) is 0 Å². The van der Waals surface area contributed by atoms with Gasteiger partial charge in [-0.3, -0.25) is 10.1 Å². The SMILES string of the molecule is O=CC1CCN(S(=O)(=O)c2cc([N+](=O)[O-])c(Cl)s2)CC1. The fourth-order valence-corrected chi connectivity index (χ4v) is 5.26. The minimum absolute atomic E-state index is 0.122. The second-order valence-electron chi connectivity index (χ2n) is 4.36. The second-order valence-corrected chi connectivity index (χ2v) is 8.18. The van der Waals surface area contributed by atoms with Gasteiger partial charge in [0.15, 0.2) is 4.34 Å². The highest BCUT2D eigenvalue weighted by molar-refractivity contribution is 7.91. The van der Waals surface area contributed by atoms with Crippen LogP contribution in [0.3, 0.4) is 0 Å². The van der Waals surface area contributed by atoms with Crippen molar-refractivity contribution in [2.45, 2.75) is 17.1 Å². The Bertz CT molecular complexity index is 634. The van der Waals surface area contributed by atoms with E-state index in [0.717, 1.165) is 12.4 Å². The molecule has 1 aliphatic rings. The van der Waals surface area contributed by atoms with Crippen LogP contribution >= 0.6 is 22.9 Å². The number of nitro groups is 1. The van der Waals surface area contributed by atoms with Crippen LogP contribution in [0.1, 0.15) is 12.8 Å². The molecule has 0 aliphatic carbocycles. The van der Waals surface area contributed by atoms with Crippen molar-refractivity contribution in [1.82, 2.24) is 4.31 Å². The first-order chi connectivity index (χ1) is 9.36. The van der Waals surface area contributed by atoms with Gasteiger partial charge in [0.25, 0.3) is 15.7 Å². The summed E-state index contributed by atoms with van der Waals surface area (Å²) in [6, 6.07) is 0.980. The van der Waals surface area contributed by atoms with Gasteiger partial charge in [-0.15, -0.1) is 11.3 Å². The molecular weight excluding hydrogens is 328 g/mol. The smallest absolute Gasteiger partial charge is 0.300 e. The van der Waals surface area contributed by atoms with Crippen LogP contribution in [-0.2, 0) is 14.8 Å². The lowest BCUT2D eigenvalue weighted by molar-refractivity contribution is -0.384. The van der Waals surface area contributed by atoms with E-state index >= 15 is 0 Å². The summed E-state index contributed by atoms with van der Waals surface area (Å²) in [7, 11) is -3.78. The number of carbonyl (C=O) groups is 1. The third-order valence-corrected chi connectivity index (χ3v) is 6.81. The summed E-state index contributed by atoms with van der Waals surface area (Å²) in [5.41, 5.74) is -0.405. The van der Waals surface area contributed by atoms with E-state index in [9.17, 15) is 23.3 Å². The van der Waals surface area contributed by atoms with Crippen molar-refractivity contribution in [3.63, 3.8) is 0 Å². The molecule has 0 N–H and O–H groups in total. The molecule has 2 rings (SSSR count). The molecule has 0 bridgehead atoms. The van der Waals surface area contributed by atoms with Gasteiger partial charge in [0.05, 0.1) is 4.92 Å². The van der Waals surface area contributed by atoms with Crippen molar-refractivity contribution < 1.29 is 18.1 Å². The average molecular weight is 339 g/mol. The van der Waals surface area contributed by atoms with Gasteiger partial charge in [-0.05, 0) is 12.8 Å². The van der Waals surface area contributed by atoms with E-state index in [1.807, 2.05) is 0 Å². The lowest BCUT2D eigenvalue weighted by Crippen LogP contribution is -2.38. The number of hydrogen-bond acceptors (Lipinski definition) is 6. The number of thiophene rings is 1. The first-order valence-electron chi connectivity index (χ1n) is 5.75. The number of hydrogen-bond donors (Lipinski definition) is 0. The van der Waals surface area contributed by atoms with E-state index in [2.05, 4.69) is 0 Å². The minimum Gasteiger partial charge on any atom is -0.303 e. The Morgan fingerprint density at radius 1 is 1.45 bits per heavy atom. The summed E-state index contributed by atoms with van der Waals surface area (Å²) in [5.74, 6) is -0.122. The normalized spacial score (nSPS) is 18.1. The fraction of sp³-hybridized carbons (Fsp3) is 0.500. The molecule has 110 valence electrons. The zero-order valence-corrected chi connectivity index (χ0v) is 12.6. The van der Waals surface area contributed by atoms with E-state index in [0.29, 0.717) is 24.2 Å². The van der Waals surface area contributed by atoms with Crippen LogP contribution in [0, 0.1) is 16.0 Å². The average Bonchev–Trinajstić information content (AvgIpc) is 2.82. The predicted molar refractivity (Wildman–Crippen MR) is 73.5 cm³/mol. The summed E-state index contributed by atoms with van der Waals surface area (Å²) in [6.45, 7) is 0.462. The van der Waals surface area contributed by atoms with Crippen molar-refractivity contribution in [1.29, 1.82) is 0 Å². The third-order valence-electron chi connectivity index (χ3n) is 3.13. The van der Waals surface area contributed by atoms with Gasteiger partial charge in [-0.2, -0.15) is 4.31 Å². The predicted octanol–water partition coefficient (Wildman–Crippen LogP) is 1.91. The molecule has 0 spiro atoms. The van der Waals surface area contributed by atoms with Gasteiger partial charge in [0.1, 0.15) is 10.5 Å². The number of nitrogens with zero attached hydrogens (tertiary/aromatic N) is 2. The van der Waals surface area contributed by atoms with Gasteiger partial charge in [-0.25, -0.2) is 8.42 Å². The van der Waals surface area contributed by atoms with Gasteiger partial charge in [-0.1, -0.05) is 11.6 Å². The van der Waals surface area contributed by atoms with Crippen LogP contribution in [0.5, 0.6) is 0 Å². The number of aldehydes is 1. The molecule has 0 aromatic carbocycles. The lowest BCUT2D eigenvalue weighted by atomic mass is 10.0. The Labute approximate surface area is 124 Å². The molecule has 0 saturated carbocycles. The largest absolute Gasteiger partial charge is 0.303 e. The molecule has 0 amide bonds. The summed E-state index contributed by atoms with van der Waals surface area (Å²) in [5, 5.41) is 10.7. The van der Waals surface area contributed by atoms with Crippen molar-refractivity contribution in [2.24, 2.45) is 5.92 Å². The van der Waals surface area contributed by atoms with E-state index < -0.39 is 20.6 Å². The fourth-order valence-electron chi connectivity index (χ4n) is 1.97. The first-order valence-corrected chi connectivity index (χ1v) is 8.39. The molecule has 2 heterocycles. The third kappa shape index (κ3) is 2.85. The van der Waals surface area contributed by atoms with Gasteiger partial charge in [0.2, 0.25) is 0 Å². The topological polar surface area (TPSA) is 97.6 Å². The molecule has 1 fully saturated rings. The highest BCUT2D eigenvalue weighted by Gasteiger charge is 2.33. The molecule has 20 heavy (non-hydrogen) atoms. The molecule has 7 nitrogen and oxygen atoms in total. The van der Waals surface area contributed by atoms with E-state index in [1.165, 1.54) is 4.31 Å². The van der Waals surface area contributed by atoms with E-state index in [4.69, 9.17) is 11.6 Å². The molecule has 1 aliphatic heterocycles. The molecular formula is C10H11ClN2O5S2. The van der Waals surface area contributed by atoms with Crippen LogP contribution in [0.4, 0.5) is 5.69 Å². The molecule has 1 saturated heterocycles. The number of rotatable bonds is 4. The number of sulfonamides is 1. The molecule has 1 aromatic rings. The Hall–Kier alpha value is -1.03. The van der Waals surface area contributed by atoms with Crippen molar-refractivity contribution in [3.05, 3.63) is 20.5 Å². The molecule has 0 atom stereocenters. The highest BCUT2D eigenvalue weighted by Crippen LogP contribution is 2.38. The van der Waals surface area contributed by atoms with Crippen LogP contribution in [0.15, 0.2) is 10.3 Å². The molecule has 0 unspecified atom stereocenters. The number of halogens is 1. The second kappa shape index (κ2) is 5.76. The van der Waals surface area contributed by atoms with Crippen LogP contribution in [-0.4, -0.2) is 37.0 Å². The van der Waals surface area contributed by atoms with Crippen molar-refractivity contribution in [3.8, 4) is 0 Å². The van der Waals surface area contributed by atoms with Gasteiger partial charge < -0.3 is 4.79 Å². The zero-order valence-electron chi connectivity index (χ0n) is 10.2. The Morgan fingerprint density at radius 3 is 2.50 bits per heavy atom. The van der Waals surface area contributed by atoms with Crippen molar-refractivity contribution >= 4 is 44.9 Å². The molecule has 0 radical (unpaired) electrons. The van der Waals surface area contributed by atoms with Crippen LogP contribution in [0.25, 0.3) is 0 Å². The summed E-state index contributed by atoms with van der Waals surface area (Å²) in [6.07, 6.45) is 1.75. The maximum atomic E-state index is 12.3. The Balaban J connectivity index is 2.25. The maximum Gasteiger partial charge on any atom is 0.300 e. The van der Waals surface area contributed by atoms with Gasteiger partial charge in [0, 0.05) is 25.1 Å². The molecule has 10 heteroatoms. The van der Waals surface area contributed by atoms with Crippen LogP contribution in [0.2, 0.25) is 4.34 Å². The quantitative estimate of drug-likeness (QED) is 0.474. The molecule has 1 aromatic heterocycles. The maximum absolute atomic E-state index is 12.3. The lowest BCUT2D eigenvalue weighted by Gasteiger charge is -2.28. The minimum atomic E-state index is -3.78.